The Morgan fingerprint density at radius 1 is 1.25 bits per heavy atom. The summed E-state index contributed by atoms with van der Waals surface area (Å²) < 4.78 is 27.5. The first-order valence-electron chi connectivity index (χ1n) is 7.81. The molecule has 10 nitrogen and oxygen atoms in total. The van der Waals surface area contributed by atoms with Crippen molar-refractivity contribution in [2.45, 2.75) is 37.2 Å². The van der Waals surface area contributed by atoms with E-state index in [1.54, 1.807) is 6.92 Å². The van der Waals surface area contributed by atoms with Gasteiger partial charge in [0.25, 0.3) is 10.2 Å². The van der Waals surface area contributed by atoms with Crippen LogP contribution in [-0.4, -0.2) is 82.5 Å². The van der Waals surface area contributed by atoms with Crippen molar-refractivity contribution in [2.75, 3.05) is 26.2 Å². The quantitative estimate of drug-likeness (QED) is 0.302. The zero-order valence-electron chi connectivity index (χ0n) is 13.6. The molecule has 0 aromatic carbocycles. The maximum Gasteiger partial charge on any atom is 0.451 e. The van der Waals surface area contributed by atoms with Crippen molar-refractivity contribution in [2.24, 2.45) is 17.4 Å². The Balaban J connectivity index is 2.10. The maximum absolute atomic E-state index is 12.6. The topological polar surface area (TPSA) is 170 Å². The highest BCUT2D eigenvalue weighted by Gasteiger charge is 2.55. The third-order valence-corrected chi connectivity index (χ3v) is 6.57. The fourth-order valence-electron chi connectivity index (χ4n) is 3.29. The zero-order valence-corrected chi connectivity index (χ0v) is 14.4. The number of carboxylic acids is 1. The van der Waals surface area contributed by atoms with Gasteiger partial charge in [0.1, 0.15) is 5.54 Å². The normalized spacial score (nSPS) is 31.0. The van der Waals surface area contributed by atoms with Crippen LogP contribution in [0.5, 0.6) is 0 Å². The van der Waals surface area contributed by atoms with Crippen LogP contribution in [0, 0.1) is 5.92 Å². The largest absolute Gasteiger partial charge is 0.480 e. The van der Waals surface area contributed by atoms with E-state index in [4.69, 9.17) is 21.5 Å². The SMILES string of the molecule is CC1(N)CN(S(=O)(=O)N2C[C@H](CCCB(O)O)[C@](N)(C(=O)O)C2)C1. The van der Waals surface area contributed by atoms with E-state index in [0.29, 0.717) is 12.8 Å². The molecular weight excluding hydrogens is 339 g/mol. The predicted octanol–water partition coefficient (Wildman–Crippen LogP) is -2.77. The van der Waals surface area contributed by atoms with Crippen LogP contribution in [0.4, 0.5) is 0 Å². The number of carbonyl (C=O) groups is 1. The highest BCUT2D eigenvalue weighted by Crippen LogP contribution is 2.34. The van der Waals surface area contributed by atoms with Gasteiger partial charge < -0.3 is 26.6 Å². The van der Waals surface area contributed by atoms with E-state index in [0.717, 1.165) is 4.31 Å². The summed E-state index contributed by atoms with van der Waals surface area (Å²) in [5, 5.41) is 27.2. The summed E-state index contributed by atoms with van der Waals surface area (Å²) in [6.07, 6.45) is 0.713. The van der Waals surface area contributed by atoms with Crippen molar-refractivity contribution < 1.29 is 28.4 Å². The van der Waals surface area contributed by atoms with Crippen LogP contribution in [0.2, 0.25) is 6.32 Å². The van der Waals surface area contributed by atoms with E-state index in [2.05, 4.69) is 0 Å². The first-order chi connectivity index (χ1) is 10.9. The predicted molar refractivity (Wildman–Crippen MR) is 86.9 cm³/mol. The van der Waals surface area contributed by atoms with Gasteiger partial charge in [0.15, 0.2) is 0 Å². The molecule has 138 valence electrons. The lowest BCUT2D eigenvalue weighted by molar-refractivity contribution is -0.144. The summed E-state index contributed by atoms with van der Waals surface area (Å²) in [7, 11) is -5.29. The van der Waals surface area contributed by atoms with E-state index < -0.39 is 40.3 Å². The lowest BCUT2D eigenvalue weighted by Crippen LogP contribution is -2.68. The first-order valence-corrected chi connectivity index (χ1v) is 9.21. The molecule has 0 aromatic heterocycles. The monoisotopic (exact) mass is 364 g/mol. The van der Waals surface area contributed by atoms with Crippen molar-refractivity contribution in [1.82, 2.24) is 8.61 Å². The second-order valence-electron chi connectivity index (χ2n) is 7.18. The fourth-order valence-corrected chi connectivity index (χ4v) is 5.28. The molecule has 2 rings (SSSR count). The minimum absolute atomic E-state index is 0.00948. The third kappa shape index (κ3) is 3.74. The molecule has 12 heteroatoms. The number of hydrogen-bond acceptors (Lipinski definition) is 7. The van der Waals surface area contributed by atoms with Gasteiger partial charge >= 0.3 is 13.1 Å². The van der Waals surface area contributed by atoms with E-state index in [-0.39, 0.29) is 32.5 Å². The van der Waals surface area contributed by atoms with E-state index in [9.17, 15) is 18.3 Å². The molecule has 2 fully saturated rings. The van der Waals surface area contributed by atoms with Crippen molar-refractivity contribution in [3.05, 3.63) is 0 Å². The van der Waals surface area contributed by atoms with Crippen LogP contribution in [-0.2, 0) is 15.0 Å². The molecule has 2 atom stereocenters. The second-order valence-corrected chi connectivity index (χ2v) is 9.10. The average Bonchev–Trinajstić information content (AvgIpc) is 2.75. The highest BCUT2D eigenvalue weighted by atomic mass is 32.2. The molecule has 0 amide bonds. The van der Waals surface area contributed by atoms with Crippen molar-refractivity contribution in [1.29, 1.82) is 0 Å². The molecule has 0 radical (unpaired) electrons. The first kappa shape index (κ1) is 19.6. The third-order valence-electron chi connectivity index (χ3n) is 4.73. The molecule has 2 aliphatic heterocycles. The Hall–Kier alpha value is -0.755. The Labute approximate surface area is 141 Å². The van der Waals surface area contributed by atoms with Gasteiger partial charge in [-0.3, -0.25) is 4.79 Å². The fraction of sp³-hybridized carbons (Fsp3) is 0.917. The zero-order chi connectivity index (χ0) is 18.3. The summed E-state index contributed by atoms with van der Waals surface area (Å²) in [4.78, 5) is 11.6. The number of hydrogen-bond donors (Lipinski definition) is 5. The summed E-state index contributed by atoms with van der Waals surface area (Å²) in [5.74, 6) is -1.86. The average molecular weight is 364 g/mol. The molecule has 7 N–H and O–H groups in total. The van der Waals surface area contributed by atoms with Crippen molar-refractivity contribution >= 4 is 23.3 Å². The van der Waals surface area contributed by atoms with Gasteiger partial charge in [-0.1, -0.05) is 6.42 Å². The summed E-state index contributed by atoms with van der Waals surface area (Å²) in [5.41, 5.74) is 9.57. The molecule has 0 bridgehead atoms. The number of aliphatic carboxylic acids is 1. The Morgan fingerprint density at radius 3 is 2.29 bits per heavy atom. The number of rotatable bonds is 7. The molecule has 0 aliphatic carbocycles. The van der Waals surface area contributed by atoms with Gasteiger partial charge in [0.05, 0.1) is 0 Å². The highest BCUT2D eigenvalue weighted by molar-refractivity contribution is 7.86. The van der Waals surface area contributed by atoms with Crippen molar-refractivity contribution in [3.8, 4) is 0 Å². The van der Waals surface area contributed by atoms with Crippen LogP contribution in [0.3, 0.4) is 0 Å². The van der Waals surface area contributed by atoms with Crippen molar-refractivity contribution in [3.63, 3.8) is 0 Å². The molecule has 0 saturated carbocycles. The Morgan fingerprint density at radius 2 is 1.83 bits per heavy atom. The Kier molecular flexibility index (Phi) is 5.32. The van der Waals surface area contributed by atoms with Crippen LogP contribution in [0.15, 0.2) is 0 Å². The summed E-state index contributed by atoms with van der Waals surface area (Å²) >= 11 is 0. The minimum atomic E-state index is -3.81. The van der Waals surface area contributed by atoms with Gasteiger partial charge in [0.2, 0.25) is 0 Å². The molecule has 24 heavy (non-hydrogen) atoms. The van der Waals surface area contributed by atoms with Gasteiger partial charge in [-0.2, -0.15) is 17.0 Å². The lowest BCUT2D eigenvalue weighted by Gasteiger charge is -2.45. The van der Waals surface area contributed by atoms with E-state index in [1.165, 1.54) is 4.31 Å². The molecular formula is C12H25BN4O6S. The van der Waals surface area contributed by atoms with E-state index in [1.807, 2.05) is 0 Å². The van der Waals surface area contributed by atoms with Gasteiger partial charge in [-0.25, -0.2) is 0 Å². The molecule has 2 saturated heterocycles. The summed E-state index contributed by atoms with van der Waals surface area (Å²) in [6, 6.07) is 0. The molecule has 0 aromatic rings. The van der Waals surface area contributed by atoms with Crippen LogP contribution in [0.25, 0.3) is 0 Å². The number of carboxylic acid groups (broad SMARTS) is 1. The molecule has 0 spiro atoms. The van der Waals surface area contributed by atoms with Gasteiger partial charge in [-0.05, 0) is 19.7 Å². The van der Waals surface area contributed by atoms with Gasteiger partial charge in [0, 0.05) is 37.6 Å². The number of nitrogens with two attached hydrogens (primary N) is 2. The molecule has 2 aliphatic rings. The van der Waals surface area contributed by atoms with Gasteiger partial charge in [-0.15, -0.1) is 0 Å². The minimum Gasteiger partial charge on any atom is -0.480 e. The van der Waals surface area contributed by atoms with Crippen LogP contribution >= 0.6 is 0 Å². The van der Waals surface area contributed by atoms with Crippen LogP contribution < -0.4 is 11.5 Å². The standard InChI is InChI=1S/C12H25BN4O6S/c1-11(14)6-17(7-11)24(22,23)16-5-9(3-2-4-13(20)21)12(15,8-16)10(18)19/h9,20-21H,2-8,14-15H2,1H3,(H,18,19)/t9-,12-/m0/s1. The molecule has 0 unspecified atom stereocenters. The smallest absolute Gasteiger partial charge is 0.451 e. The second kappa shape index (κ2) is 6.52. The lowest BCUT2D eigenvalue weighted by atomic mass is 9.78. The Bertz CT molecular complexity index is 592. The number of nitrogens with zero attached hydrogens (tertiary/aromatic N) is 2. The summed E-state index contributed by atoms with van der Waals surface area (Å²) in [6.45, 7) is 1.78. The molecule has 2 heterocycles. The van der Waals surface area contributed by atoms with E-state index >= 15 is 0 Å². The maximum atomic E-state index is 12.6. The van der Waals surface area contributed by atoms with Crippen LogP contribution in [0.1, 0.15) is 19.8 Å².